The van der Waals surface area contributed by atoms with Crippen LogP contribution in [-0.2, 0) is 7.05 Å². The molecule has 1 aromatic rings. The van der Waals surface area contributed by atoms with Gasteiger partial charge in [-0.15, -0.1) is 0 Å². The van der Waals surface area contributed by atoms with Crippen LogP contribution in [0.5, 0.6) is 0 Å². The zero-order chi connectivity index (χ0) is 12.5. The van der Waals surface area contributed by atoms with Crippen molar-refractivity contribution in [2.45, 2.75) is 38.5 Å². The van der Waals surface area contributed by atoms with Gasteiger partial charge < -0.3 is 10.8 Å². The van der Waals surface area contributed by atoms with Crippen molar-refractivity contribution in [2.75, 3.05) is 13.2 Å². The molecule has 4 nitrogen and oxygen atoms in total. The lowest BCUT2D eigenvalue weighted by Crippen LogP contribution is -2.36. The van der Waals surface area contributed by atoms with Gasteiger partial charge in [0.05, 0.1) is 6.20 Å². The molecule has 0 saturated heterocycles. The van der Waals surface area contributed by atoms with E-state index in [1.807, 2.05) is 17.9 Å². The van der Waals surface area contributed by atoms with E-state index in [0.717, 1.165) is 12.8 Å². The molecule has 1 atom stereocenters. The van der Waals surface area contributed by atoms with Gasteiger partial charge in [0.15, 0.2) is 0 Å². The molecule has 0 radical (unpaired) electrons. The zero-order valence-corrected chi connectivity index (χ0v) is 10.8. The van der Waals surface area contributed by atoms with Crippen LogP contribution < -0.4 is 5.73 Å². The van der Waals surface area contributed by atoms with Gasteiger partial charge in [-0.3, -0.25) is 4.68 Å². The summed E-state index contributed by atoms with van der Waals surface area (Å²) >= 11 is 0. The second-order valence-electron chi connectivity index (χ2n) is 5.35. The smallest absolute Gasteiger partial charge is 0.0521 e. The molecule has 96 valence electrons. The standard InChI is InChI=1S/C13H23N3O/c1-10-8-15-16(2)12(10)11(7-14)13(9-17)5-3-4-6-13/h8,11,17H,3-7,9,14H2,1-2H3. The van der Waals surface area contributed by atoms with E-state index in [1.54, 1.807) is 0 Å². The fourth-order valence-electron chi connectivity index (χ4n) is 3.40. The molecule has 4 heteroatoms. The van der Waals surface area contributed by atoms with Crippen LogP contribution in [0, 0.1) is 12.3 Å². The Hall–Kier alpha value is -0.870. The summed E-state index contributed by atoms with van der Waals surface area (Å²) in [6.07, 6.45) is 6.45. The fourth-order valence-corrected chi connectivity index (χ4v) is 3.40. The van der Waals surface area contributed by atoms with Crippen molar-refractivity contribution in [2.24, 2.45) is 18.2 Å². The number of aryl methyl sites for hydroxylation is 2. The average Bonchev–Trinajstić information content (AvgIpc) is 2.92. The Balaban J connectivity index is 2.39. The van der Waals surface area contributed by atoms with Gasteiger partial charge >= 0.3 is 0 Å². The third-order valence-electron chi connectivity index (χ3n) is 4.40. The predicted molar refractivity (Wildman–Crippen MR) is 67.7 cm³/mol. The second-order valence-corrected chi connectivity index (χ2v) is 5.35. The number of aliphatic hydroxyl groups excluding tert-OH is 1. The first-order valence-electron chi connectivity index (χ1n) is 6.44. The first kappa shape index (κ1) is 12.6. The molecule has 2 rings (SSSR count). The highest BCUT2D eigenvalue weighted by atomic mass is 16.3. The Morgan fingerprint density at radius 1 is 1.53 bits per heavy atom. The Kier molecular flexibility index (Phi) is 3.54. The molecule has 17 heavy (non-hydrogen) atoms. The van der Waals surface area contributed by atoms with E-state index in [-0.39, 0.29) is 17.9 Å². The summed E-state index contributed by atoms with van der Waals surface area (Å²) in [5.41, 5.74) is 8.35. The summed E-state index contributed by atoms with van der Waals surface area (Å²) in [5, 5.41) is 14.1. The van der Waals surface area contributed by atoms with E-state index in [0.29, 0.717) is 6.54 Å². The molecule has 1 unspecified atom stereocenters. The zero-order valence-electron chi connectivity index (χ0n) is 10.8. The molecular formula is C13H23N3O. The van der Waals surface area contributed by atoms with Crippen LogP contribution in [-0.4, -0.2) is 28.0 Å². The number of hydrogen-bond acceptors (Lipinski definition) is 3. The summed E-state index contributed by atoms with van der Waals surface area (Å²) in [5.74, 6) is 0.225. The average molecular weight is 237 g/mol. The third-order valence-corrected chi connectivity index (χ3v) is 4.40. The van der Waals surface area contributed by atoms with Crippen molar-refractivity contribution in [1.82, 2.24) is 9.78 Å². The van der Waals surface area contributed by atoms with Crippen LogP contribution in [0.2, 0.25) is 0 Å². The van der Waals surface area contributed by atoms with Gasteiger partial charge in [-0.25, -0.2) is 0 Å². The van der Waals surface area contributed by atoms with Crippen LogP contribution in [0.25, 0.3) is 0 Å². The van der Waals surface area contributed by atoms with Crippen LogP contribution in [0.15, 0.2) is 6.20 Å². The quantitative estimate of drug-likeness (QED) is 0.830. The number of aromatic nitrogens is 2. The van der Waals surface area contributed by atoms with Crippen molar-refractivity contribution in [3.8, 4) is 0 Å². The highest BCUT2D eigenvalue weighted by Crippen LogP contribution is 2.48. The van der Waals surface area contributed by atoms with Gasteiger partial charge in [-0.05, 0) is 25.3 Å². The molecule has 3 N–H and O–H groups in total. The molecule has 0 amide bonds. The highest BCUT2D eigenvalue weighted by molar-refractivity contribution is 5.24. The van der Waals surface area contributed by atoms with E-state index < -0.39 is 0 Å². The number of rotatable bonds is 4. The number of aliphatic hydroxyl groups is 1. The number of nitrogens with zero attached hydrogens (tertiary/aromatic N) is 2. The first-order valence-corrected chi connectivity index (χ1v) is 6.44. The van der Waals surface area contributed by atoms with E-state index in [1.165, 1.54) is 24.1 Å². The van der Waals surface area contributed by atoms with E-state index in [2.05, 4.69) is 12.0 Å². The lowest BCUT2D eigenvalue weighted by atomic mass is 9.72. The monoisotopic (exact) mass is 237 g/mol. The third kappa shape index (κ3) is 2.00. The van der Waals surface area contributed by atoms with E-state index in [4.69, 9.17) is 5.73 Å². The van der Waals surface area contributed by atoms with Crippen LogP contribution in [0.4, 0.5) is 0 Å². The Morgan fingerprint density at radius 3 is 2.59 bits per heavy atom. The van der Waals surface area contributed by atoms with Crippen LogP contribution >= 0.6 is 0 Å². The molecule has 1 fully saturated rings. The Bertz CT molecular complexity index is 361. The number of hydrogen-bond donors (Lipinski definition) is 2. The van der Waals surface area contributed by atoms with Crippen molar-refractivity contribution >= 4 is 0 Å². The van der Waals surface area contributed by atoms with Gasteiger partial charge in [0.25, 0.3) is 0 Å². The topological polar surface area (TPSA) is 64.1 Å². The maximum atomic E-state index is 9.81. The van der Waals surface area contributed by atoms with Gasteiger partial charge in [-0.2, -0.15) is 5.10 Å². The van der Waals surface area contributed by atoms with Gasteiger partial charge in [0.1, 0.15) is 0 Å². The normalized spacial score (nSPS) is 20.7. The minimum Gasteiger partial charge on any atom is -0.396 e. The molecule has 1 heterocycles. The van der Waals surface area contributed by atoms with Crippen LogP contribution in [0.1, 0.15) is 42.9 Å². The predicted octanol–water partition coefficient (Wildman–Crippen LogP) is 1.32. The van der Waals surface area contributed by atoms with Crippen molar-refractivity contribution < 1.29 is 5.11 Å². The van der Waals surface area contributed by atoms with Gasteiger partial charge in [0.2, 0.25) is 0 Å². The molecule has 0 bridgehead atoms. The lowest BCUT2D eigenvalue weighted by molar-refractivity contribution is 0.0993. The van der Waals surface area contributed by atoms with Gasteiger partial charge in [-0.1, -0.05) is 12.8 Å². The second kappa shape index (κ2) is 4.78. The lowest BCUT2D eigenvalue weighted by Gasteiger charge is -2.36. The minimum atomic E-state index is -0.0205. The Morgan fingerprint density at radius 2 is 2.18 bits per heavy atom. The fraction of sp³-hybridized carbons (Fsp3) is 0.769. The van der Waals surface area contributed by atoms with E-state index >= 15 is 0 Å². The first-order chi connectivity index (χ1) is 8.14. The molecule has 1 aliphatic carbocycles. The SMILES string of the molecule is Cc1cnn(C)c1C(CN)C1(CO)CCCC1. The molecule has 0 spiro atoms. The summed E-state index contributed by atoms with van der Waals surface area (Å²) < 4.78 is 1.92. The van der Waals surface area contributed by atoms with Crippen LogP contribution in [0.3, 0.4) is 0 Å². The Labute approximate surface area is 103 Å². The van der Waals surface area contributed by atoms with E-state index in [9.17, 15) is 5.11 Å². The molecule has 1 saturated carbocycles. The summed E-state index contributed by atoms with van der Waals surface area (Å²) in [7, 11) is 1.96. The molecule has 0 aromatic carbocycles. The molecule has 0 aliphatic heterocycles. The minimum absolute atomic E-state index is 0.0205. The molecular weight excluding hydrogens is 214 g/mol. The molecule has 1 aromatic heterocycles. The maximum absolute atomic E-state index is 9.81. The van der Waals surface area contributed by atoms with Crippen molar-refractivity contribution in [1.29, 1.82) is 0 Å². The summed E-state index contributed by atoms with van der Waals surface area (Å²) in [4.78, 5) is 0. The largest absolute Gasteiger partial charge is 0.396 e. The summed E-state index contributed by atoms with van der Waals surface area (Å²) in [6, 6.07) is 0. The highest BCUT2D eigenvalue weighted by Gasteiger charge is 2.42. The van der Waals surface area contributed by atoms with Crippen molar-refractivity contribution in [3.63, 3.8) is 0 Å². The summed E-state index contributed by atoms with van der Waals surface area (Å²) in [6.45, 7) is 2.89. The van der Waals surface area contributed by atoms with Gasteiger partial charge in [0, 0.05) is 37.2 Å². The number of nitrogens with two attached hydrogens (primary N) is 1. The molecule has 1 aliphatic rings. The maximum Gasteiger partial charge on any atom is 0.0521 e. The van der Waals surface area contributed by atoms with Crippen molar-refractivity contribution in [3.05, 3.63) is 17.5 Å².